The number of hydrogen-bond donors (Lipinski definition) is 1. The highest BCUT2D eigenvalue weighted by Crippen LogP contribution is 2.27. The first-order valence-corrected chi connectivity index (χ1v) is 6.64. The molecule has 4 heteroatoms. The second-order valence-corrected chi connectivity index (χ2v) is 4.73. The van der Waals surface area contributed by atoms with Gasteiger partial charge in [-0.25, -0.2) is 9.97 Å². The number of benzene rings is 1. The van der Waals surface area contributed by atoms with Crippen molar-refractivity contribution in [2.24, 2.45) is 0 Å². The Labute approximate surface area is 112 Å². The first-order valence-electron chi connectivity index (χ1n) is 6.64. The van der Waals surface area contributed by atoms with E-state index in [4.69, 9.17) is 4.74 Å². The lowest BCUT2D eigenvalue weighted by Gasteiger charge is -2.16. The van der Waals surface area contributed by atoms with Gasteiger partial charge in [0.2, 0.25) is 5.88 Å². The van der Waals surface area contributed by atoms with Crippen LogP contribution >= 0.6 is 0 Å². The molecule has 0 bridgehead atoms. The van der Waals surface area contributed by atoms with E-state index in [0.29, 0.717) is 5.88 Å². The molecular weight excluding hydrogens is 238 g/mol. The molecule has 0 radical (unpaired) electrons. The monoisotopic (exact) mass is 255 g/mol. The number of rotatable bonds is 3. The predicted molar refractivity (Wildman–Crippen MR) is 74.7 cm³/mol. The van der Waals surface area contributed by atoms with E-state index in [0.717, 1.165) is 18.0 Å². The minimum atomic E-state index is 0.565. The number of nitrogens with one attached hydrogen (secondary N) is 1. The molecular formula is C15H17N3O. The van der Waals surface area contributed by atoms with Crippen LogP contribution in [-0.4, -0.2) is 17.0 Å². The Morgan fingerprint density at radius 2 is 1.89 bits per heavy atom. The largest absolute Gasteiger partial charge is 0.439 e. The van der Waals surface area contributed by atoms with E-state index < -0.39 is 0 Å². The third-order valence-corrected chi connectivity index (χ3v) is 3.44. The van der Waals surface area contributed by atoms with Crippen molar-refractivity contribution >= 4 is 5.82 Å². The molecule has 4 nitrogen and oxygen atoms in total. The van der Waals surface area contributed by atoms with E-state index in [-0.39, 0.29) is 0 Å². The van der Waals surface area contributed by atoms with Crippen LogP contribution in [0.4, 0.5) is 5.82 Å². The quantitative estimate of drug-likeness (QED) is 0.915. The fourth-order valence-electron chi connectivity index (χ4n) is 2.43. The molecule has 0 aliphatic heterocycles. The maximum atomic E-state index is 5.80. The highest BCUT2D eigenvalue weighted by Gasteiger charge is 2.10. The average Bonchev–Trinajstić information content (AvgIpc) is 2.47. The molecule has 1 heterocycles. The normalized spacial score (nSPS) is 13.7. The van der Waals surface area contributed by atoms with Crippen LogP contribution in [0.3, 0.4) is 0 Å². The number of ether oxygens (including phenoxy) is 1. The summed E-state index contributed by atoms with van der Waals surface area (Å²) in [5, 5.41) is 2.97. The SMILES string of the molecule is CNc1cc(Oc2ccc3c(c2)CCCC3)ncn1. The number of nitrogens with zero attached hydrogens (tertiary/aromatic N) is 2. The molecule has 0 fully saturated rings. The molecule has 0 atom stereocenters. The molecule has 1 N–H and O–H groups in total. The molecule has 1 aromatic heterocycles. The number of fused-ring (bicyclic) bond motifs is 1. The Morgan fingerprint density at radius 1 is 1.05 bits per heavy atom. The molecule has 3 rings (SSSR count). The van der Waals surface area contributed by atoms with Crippen molar-refractivity contribution < 1.29 is 4.74 Å². The van der Waals surface area contributed by atoms with E-state index in [2.05, 4.69) is 27.4 Å². The van der Waals surface area contributed by atoms with Gasteiger partial charge in [0.15, 0.2) is 0 Å². The summed E-state index contributed by atoms with van der Waals surface area (Å²) in [7, 11) is 1.82. The molecule has 2 aromatic rings. The topological polar surface area (TPSA) is 47.0 Å². The molecule has 1 aliphatic carbocycles. The van der Waals surface area contributed by atoms with Gasteiger partial charge in [0.1, 0.15) is 17.9 Å². The first-order chi connectivity index (χ1) is 9.35. The molecule has 0 saturated heterocycles. The maximum Gasteiger partial charge on any atom is 0.224 e. The van der Waals surface area contributed by atoms with Crippen LogP contribution in [0, 0.1) is 0 Å². The number of aryl methyl sites for hydroxylation is 2. The van der Waals surface area contributed by atoms with Crippen molar-refractivity contribution in [3.8, 4) is 11.6 Å². The minimum Gasteiger partial charge on any atom is -0.439 e. The molecule has 0 spiro atoms. The number of aromatic nitrogens is 2. The summed E-state index contributed by atoms with van der Waals surface area (Å²) in [5.74, 6) is 2.17. The zero-order chi connectivity index (χ0) is 13.1. The summed E-state index contributed by atoms with van der Waals surface area (Å²) in [6, 6.07) is 8.12. The second-order valence-electron chi connectivity index (χ2n) is 4.73. The number of hydrogen-bond acceptors (Lipinski definition) is 4. The summed E-state index contributed by atoms with van der Waals surface area (Å²) < 4.78 is 5.80. The highest BCUT2D eigenvalue weighted by molar-refractivity contribution is 5.41. The summed E-state index contributed by atoms with van der Waals surface area (Å²) in [6.45, 7) is 0. The van der Waals surface area contributed by atoms with Crippen LogP contribution in [0.15, 0.2) is 30.6 Å². The third-order valence-electron chi connectivity index (χ3n) is 3.44. The van der Waals surface area contributed by atoms with E-state index in [1.165, 1.54) is 36.7 Å². The summed E-state index contributed by atoms with van der Waals surface area (Å²) in [5.41, 5.74) is 2.86. The van der Waals surface area contributed by atoms with Crippen molar-refractivity contribution in [2.75, 3.05) is 12.4 Å². The molecule has 0 saturated carbocycles. The Bertz CT molecular complexity index is 583. The van der Waals surface area contributed by atoms with Gasteiger partial charge >= 0.3 is 0 Å². The maximum absolute atomic E-state index is 5.80. The van der Waals surface area contributed by atoms with Gasteiger partial charge in [-0.3, -0.25) is 0 Å². The number of anilines is 1. The van der Waals surface area contributed by atoms with Gasteiger partial charge in [0.05, 0.1) is 0 Å². The van der Waals surface area contributed by atoms with Crippen molar-refractivity contribution in [3.63, 3.8) is 0 Å². The van der Waals surface area contributed by atoms with Gasteiger partial charge in [0.25, 0.3) is 0 Å². The van der Waals surface area contributed by atoms with Crippen molar-refractivity contribution in [2.45, 2.75) is 25.7 Å². The van der Waals surface area contributed by atoms with Gasteiger partial charge in [-0.2, -0.15) is 0 Å². The van der Waals surface area contributed by atoms with Crippen molar-refractivity contribution in [3.05, 3.63) is 41.7 Å². The molecule has 19 heavy (non-hydrogen) atoms. The van der Waals surface area contributed by atoms with Crippen LogP contribution in [0.2, 0.25) is 0 Å². The van der Waals surface area contributed by atoms with Crippen molar-refractivity contribution in [1.82, 2.24) is 9.97 Å². The Hall–Kier alpha value is -2.10. The molecule has 0 amide bonds. The van der Waals surface area contributed by atoms with Crippen LogP contribution in [0.1, 0.15) is 24.0 Å². The lowest BCUT2D eigenvalue weighted by atomic mass is 9.92. The average molecular weight is 255 g/mol. The van der Waals surface area contributed by atoms with E-state index in [1.807, 2.05) is 13.1 Å². The summed E-state index contributed by atoms with van der Waals surface area (Å²) in [4.78, 5) is 8.19. The minimum absolute atomic E-state index is 0.565. The van der Waals surface area contributed by atoms with Gasteiger partial charge in [-0.15, -0.1) is 0 Å². The molecule has 0 unspecified atom stereocenters. The second kappa shape index (κ2) is 5.26. The lowest BCUT2D eigenvalue weighted by molar-refractivity contribution is 0.460. The Kier molecular flexibility index (Phi) is 3.31. The summed E-state index contributed by atoms with van der Waals surface area (Å²) >= 11 is 0. The van der Waals surface area contributed by atoms with Crippen LogP contribution in [-0.2, 0) is 12.8 Å². The zero-order valence-electron chi connectivity index (χ0n) is 11.0. The van der Waals surface area contributed by atoms with E-state index in [1.54, 1.807) is 6.07 Å². The first kappa shape index (κ1) is 12.0. The Balaban J connectivity index is 1.82. The molecule has 98 valence electrons. The highest BCUT2D eigenvalue weighted by atomic mass is 16.5. The van der Waals surface area contributed by atoms with E-state index >= 15 is 0 Å². The molecule has 1 aromatic carbocycles. The van der Waals surface area contributed by atoms with E-state index in [9.17, 15) is 0 Å². The van der Waals surface area contributed by atoms with Gasteiger partial charge in [-0.1, -0.05) is 6.07 Å². The van der Waals surface area contributed by atoms with Gasteiger partial charge in [0, 0.05) is 13.1 Å². The fourth-order valence-corrected chi connectivity index (χ4v) is 2.43. The zero-order valence-corrected chi connectivity index (χ0v) is 11.0. The molecule has 1 aliphatic rings. The summed E-state index contributed by atoms with van der Waals surface area (Å²) in [6.07, 6.45) is 6.41. The Morgan fingerprint density at radius 3 is 2.74 bits per heavy atom. The lowest BCUT2D eigenvalue weighted by Crippen LogP contribution is -2.02. The van der Waals surface area contributed by atoms with Crippen molar-refractivity contribution in [1.29, 1.82) is 0 Å². The smallest absolute Gasteiger partial charge is 0.224 e. The van der Waals surface area contributed by atoms with Crippen LogP contribution in [0.25, 0.3) is 0 Å². The van der Waals surface area contributed by atoms with Gasteiger partial charge < -0.3 is 10.1 Å². The predicted octanol–water partition coefficient (Wildman–Crippen LogP) is 3.19. The van der Waals surface area contributed by atoms with Crippen LogP contribution in [0.5, 0.6) is 11.6 Å². The standard InChI is InChI=1S/C15H17N3O/c1-16-14-9-15(18-10-17-14)19-13-7-6-11-4-2-3-5-12(11)8-13/h6-10H,2-5H2,1H3,(H,16,17,18). The third kappa shape index (κ3) is 2.67. The fraction of sp³-hybridized carbons (Fsp3) is 0.333. The van der Waals surface area contributed by atoms with Crippen LogP contribution < -0.4 is 10.1 Å². The van der Waals surface area contributed by atoms with Gasteiger partial charge in [-0.05, 0) is 48.9 Å².